The SMILES string of the molecule is N=C(N)NCCC[C@H](NC(=O)[C@H](CCCNC(=N)N)NC(=O)[C@H](CCCNC(=N)N)NC(=O)[C@H](CCCNC(=N)N)NC(=O)[C@H](CCCNC(=N)N)NC(=O)[C@H](CCCNC(=N)N)NC(=O)[C@H](CCCNC(=N)N)NC(=O)CNC(=O)CNC(=O)[C@H](Cc1c[nH]c2ccccc12)NC(=O)[C@H](CCCNC(=N)N)NC(=O)[C@H](Cc1c[nH]c2ccccc12)NC(=O)[C@@H](N)CCCNC(=N)N)C(N)=O. The number of fused-ring (bicyclic) bond motifs is 2. The Balaban J connectivity index is 1.66. The average molecular weight is 1910 g/mol. The number of H-pyrrole nitrogens is 2. The van der Waals surface area contributed by atoms with E-state index in [2.05, 4.69) is 122 Å². The fourth-order valence-electron chi connectivity index (χ4n) is 13.8. The van der Waals surface area contributed by atoms with Crippen molar-refractivity contribution in [3.63, 3.8) is 0 Å². The number of nitrogens with two attached hydrogens (primary N) is 11. The van der Waals surface area contributed by atoms with Gasteiger partial charge >= 0.3 is 0 Å². The van der Waals surface area contributed by atoms with E-state index in [1.54, 1.807) is 48.8 Å². The van der Waals surface area contributed by atoms with Gasteiger partial charge in [-0.2, -0.15) is 0 Å². The smallest absolute Gasteiger partial charge is 0.243 e. The second-order valence-electron chi connectivity index (χ2n) is 31.6. The number of aromatic amines is 2. The minimum absolute atomic E-state index is 0.00422. The van der Waals surface area contributed by atoms with E-state index in [1.165, 1.54) is 0 Å². The van der Waals surface area contributed by atoms with E-state index < -0.39 is 192 Å². The van der Waals surface area contributed by atoms with Crippen molar-refractivity contribution >= 4 is 152 Å². The van der Waals surface area contributed by atoms with E-state index >= 15 is 0 Å². The predicted octanol–water partition coefficient (Wildman–Crippen LogP) is -11.3. The van der Waals surface area contributed by atoms with Gasteiger partial charge < -0.3 is 185 Å². The van der Waals surface area contributed by atoms with Crippen LogP contribution in [0.1, 0.15) is 127 Å². The van der Waals surface area contributed by atoms with Crippen LogP contribution >= 0.6 is 0 Å². The fraction of sp³-hybridized carbons (Fsp3) is 0.525. The molecule has 0 aliphatic heterocycles. The summed E-state index contributed by atoms with van der Waals surface area (Å²) in [5.74, 6) is -15.9. The Kier molecular flexibility index (Phi) is 50.3. The molecule has 0 radical (unpaired) electrons. The molecule has 2 heterocycles. The second-order valence-corrected chi connectivity index (χ2v) is 31.6. The molecule has 4 aromatic rings. The Labute approximate surface area is 783 Å². The molecule has 56 nitrogen and oxygen atoms in total. The average Bonchev–Trinajstić information content (AvgIpc) is 1.68. The molecular formula is C80H137N43O13. The lowest BCUT2D eigenvalue weighted by atomic mass is 10.0. The van der Waals surface area contributed by atoms with Gasteiger partial charge in [-0.15, -0.1) is 0 Å². The lowest BCUT2D eigenvalue weighted by Gasteiger charge is -2.28. The first kappa shape index (κ1) is 112. The van der Waals surface area contributed by atoms with Gasteiger partial charge in [0.1, 0.15) is 60.4 Å². The molecule has 13 amide bonds. The van der Waals surface area contributed by atoms with Crippen molar-refractivity contribution in [2.24, 2.45) is 63.1 Å². The van der Waals surface area contributed by atoms with E-state index in [0.717, 1.165) is 10.9 Å². The van der Waals surface area contributed by atoms with Gasteiger partial charge in [0.2, 0.25) is 76.8 Å². The predicted molar refractivity (Wildman–Crippen MR) is 509 cm³/mol. The highest BCUT2D eigenvalue weighted by Crippen LogP contribution is 2.22. The summed E-state index contributed by atoms with van der Waals surface area (Å²) < 4.78 is 0. The summed E-state index contributed by atoms with van der Waals surface area (Å²) in [6, 6.07) is -1.89. The van der Waals surface area contributed by atoms with E-state index in [0.29, 0.717) is 28.5 Å². The molecule has 2 aromatic carbocycles. The van der Waals surface area contributed by atoms with Gasteiger partial charge in [-0.25, -0.2) is 0 Å². The number of primary amides is 1. The topological polar surface area (TPSA) is 1010 Å². The zero-order chi connectivity index (χ0) is 101. The molecule has 0 saturated heterocycles. The van der Waals surface area contributed by atoms with Gasteiger partial charge in [0.25, 0.3) is 0 Å². The van der Waals surface area contributed by atoms with E-state index in [9.17, 15) is 62.3 Å². The number of amides is 13. The molecule has 0 aliphatic rings. The summed E-state index contributed by atoms with van der Waals surface area (Å²) in [5.41, 5.74) is 64.3. The van der Waals surface area contributed by atoms with Crippen LogP contribution in [0, 0.1) is 48.7 Å². The van der Waals surface area contributed by atoms with Crippen LogP contribution in [0.5, 0.6) is 0 Å². The lowest BCUT2D eigenvalue weighted by Crippen LogP contribution is -2.60. The molecule has 750 valence electrons. The van der Waals surface area contributed by atoms with Crippen molar-refractivity contribution in [3.8, 4) is 0 Å². The van der Waals surface area contributed by atoms with Crippen molar-refractivity contribution in [2.45, 2.75) is 195 Å². The molecule has 2 aromatic heterocycles. The van der Waals surface area contributed by atoms with Gasteiger partial charge in [0, 0.05) is 106 Å². The molecule has 4 rings (SSSR count). The molecule has 136 heavy (non-hydrogen) atoms. The molecule has 0 saturated carbocycles. The first-order valence-electron chi connectivity index (χ1n) is 44.0. The number of guanidine groups is 9. The maximum Gasteiger partial charge on any atom is 0.243 e. The summed E-state index contributed by atoms with van der Waals surface area (Å²) in [4.78, 5) is 193. The highest BCUT2D eigenvalue weighted by Gasteiger charge is 2.37. The minimum Gasteiger partial charge on any atom is -0.370 e. The summed E-state index contributed by atoms with van der Waals surface area (Å²) in [7, 11) is 0. The van der Waals surface area contributed by atoms with Crippen LogP contribution in [0.4, 0.5) is 0 Å². The number of para-hydroxylation sites is 2. The third kappa shape index (κ3) is 45.2. The number of benzene rings is 2. The second kappa shape index (κ2) is 60.9. The Hall–Kier alpha value is -16.0. The summed E-state index contributed by atoms with van der Waals surface area (Å²) >= 11 is 0. The van der Waals surface area contributed by atoms with Gasteiger partial charge in [-0.05, 0) is 139 Å². The van der Waals surface area contributed by atoms with Crippen LogP contribution in [0.25, 0.3) is 21.8 Å². The van der Waals surface area contributed by atoms with Crippen LogP contribution < -0.4 is 175 Å². The lowest BCUT2D eigenvalue weighted by molar-refractivity contribution is -0.136. The van der Waals surface area contributed by atoms with Crippen LogP contribution in [0.2, 0.25) is 0 Å². The number of nitrogens with one attached hydrogen (secondary N) is 32. The molecule has 0 fully saturated rings. The van der Waals surface area contributed by atoms with E-state index in [-0.39, 0.29) is 199 Å². The van der Waals surface area contributed by atoms with Crippen LogP contribution in [0.3, 0.4) is 0 Å². The largest absolute Gasteiger partial charge is 0.370 e. The van der Waals surface area contributed by atoms with Crippen molar-refractivity contribution in [2.75, 3.05) is 72.0 Å². The molecule has 56 heteroatoms. The number of hydrogen-bond donors (Lipinski definition) is 43. The first-order valence-corrected chi connectivity index (χ1v) is 44.0. The molecule has 0 spiro atoms. The third-order valence-corrected chi connectivity index (χ3v) is 20.7. The van der Waals surface area contributed by atoms with E-state index in [1.807, 2.05) is 12.1 Å². The van der Waals surface area contributed by atoms with E-state index in [4.69, 9.17) is 112 Å². The van der Waals surface area contributed by atoms with Crippen LogP contribution in [-0.2, 0) is 75.2 Å². The summed E-state index contributed by atoms with van der Waals surface area (Å²) in [5, 5.41) is 125. The third-order valence-electron chi connectivity index (χ3n) is 20.7. The van der Waals surface area contributed by atoms with Crippen LogP contribution in [-0.4, -0.2) is 279 Å². The van der Waals surface area contributed by atoms with Crippen molar-refractivity contribution in [1.29, 1.82) is 48.7 Å². The first-order chi connectivity index (χ1) is 64.6. The number of aromatic nitrogens is 2. The molecule has 11 atom stereocenters. The van der Waals surface area contributed by atoms with Crippen LogP contribution in [0.15, 0.2) is 60.9 Å². The number of hydrogen-bond acceptors (Lipinski definition) is 23. The maximum atomic E-state index is 15.0. The van der Waals surface area contributed by atoms with Crippen molar-refractivity contribution < 1.29 is 62.3 Å². The number of carbonyl (C=O) groups is 13. The molecular weight excluding hydrogens is 1770 g/mol. The van der Waals surface area contributed by atoms with Gasteiger partial charge in [-0.3, -0.25) is 111 Å². The Morgan fingerprint density at radius 1 is 0.250 bits per heavy atom. The molecule has 0 unspecified atom stereocenters. The Morgan fingerprint density at radius 2 is 0.471 bits per heavy atom. The summed E-state index contributed by atoms with van der Waals surface area (Å²) in [6.07, 6.45) is 2.24. The van der Waals surface area contributed by atoms with Gasteiger partial charge in [-0.1, -0.05) is 36.4 Å². The Morgan fingerprint density at radius 3 is 0.750 bits per heavy atom. The monoisotopic (exact) mass is 1910 g/mol. The maximum absolute atomic E-state index is 15.0. The standard InChI is InChI=1S/C80H137N43O13/c81-46(16-5-27-101-72(83)84)62(127)122-58(37-43-39-111-48-18-4-2-15-45(43)48)71(136)121-56(26-13-35-109-80(99)100)70(135)123-57(36-42-38-110-47-17-3-1-14-44(42)47)63(128)113-40-59(124)112-41-60(125)114-50(20-7-29-103-74(87)88)64(129)116-52(22-9-31-105-76(91)92)66(131)118-54(24-11-33-107-78(95)96)68(133)120-55(25-12-34-108-79(97)98)69(134)119-53(23-10-32-106-77(93)94)67(132)117-51(21-8-30-104-75(89)90)65(130)115-49(61(82)126)19-6-28-102-73(85)86/h1-4,14-15,17-18,38-39,46,49-58,110-111H,5-13,16,19-37,40-41,81H2,(H2,82,126)(H,112,124)(H,113,128)(H,114,125)(H,115,130)(H,116,129)(H,117,132)(H,118,131)(H,119,134)(H,120,133)(H,121,136)(H,122,127)(H,123,135)(H4,83,84,101)(H4,85,86,102)(H4,87,88,103)(H4,89,90,104)(H4,91,92,105)(H4,93,94,106)(H4,95,96,107)(H4,97,98,108)(H4,99,100,109)/t46-,49-,50-,51-,52-,53-,54-,55-,56-,57-,58-/m0/s1. The molecule has 54 N–H and O–H groups in total. The highest BCUT2D eigenvalue weighted by atomic mass is 16.2. The highest BCUT2D eigenvalue weighted by molar-refractivity contribution is 6.00. The normalized spacial score (nSPS) is 13.2. The van der Waals surface area contributed by atoms with Crippen molar-refractivity contribution in [3.05, 3.63) is 72.1 Å². The van der Waals surface area contributed by atoms with Gasteiger partial charge in [0.15, 0.2) is 53.6 Å². The zero-order valence-electron chi connectivity index (χ0n) is 75.7. The molecule has 0 bridgehead atoms. The number of rotatable bonds is 65. The summed E-state index contributed by atoms with van der Waals surface area (Å²) in [6.45, 7) is -1.45. The quantitative estimate of drug-likeness (QED) is 0.0111. The van der Waals surface area contributed by atoms with Crippen molar-refractivity contribution in [1.82, 2.24) is 122 Å². The fourth-order valence-corrected chi connectivity index (χ4v) is 13.8. The number of carbonyl (C=O) groups excluding carboxylic acids is 13. The molecule has 0 aliphatic carbocycles. The van der Waals surface area contributed by atoms with Gasteiger partial charge in [0.05, 0.1) is 19.1 Å². The Bertz CT molecular complexity index is 4750. The minimum atomic E-state index is -1.63. The zero-order valence-corrected chi connectivity index (χ0v) is 75.7.